The smallest absolute Gasteiger partial charge is 0.223 e. The summed E-state index contributed by atoms with van der Waals surface area (Å²) in [5.74, 6) is -1.85. The minimum Gasteiger partial charge on any atom is -0.388 e. The SMILES string of the molecule is CC1(O)CCN(C(=O)CCc2ccc(F)c(F)c2)C1. The van der Waals surface area contributed by atoms with Gasteiger partial charge >= 0.3 is 0 Å². The summed E-state index contributed by atoms with van der Waals surface area (Å²) in [5.41, 5.74) is -0.212. The molecule has 5 heteroatoms. The van der Waals surface area contributed by atoms with Crippen molar-refractivity contribution in [2.24, 2.45) is 0 Å². The van der Waals surface area contributed by atoms with Crippen LogP contribution >= 0.6 is 0 Å². The zero-order valence-electron chi connectivity index (χ0n) is 10.8. The van der Waals surface area contributed by atoms with Crippen LogP contribution in [0.3, 0.4) is 0 Å². The van der Waals surface area contributed by atoms with Gasteiger partial charge in [-0.3, -0.25) is 4.79 Å². The first-order chi connectivity index (χ1) is 8.87. The van der Waals surface area contributed by atoms with E-state index in [9.17, 15) is 18.7 Å². The average molecular weight is 269 g/mol. The van der Waals surface area contributed by atoms with Gasteiger partial charge in [-0.05, 0) is 37.5 Å². The molecule has 1 aromatic rings. The third-order valence-electron chi connectivity index (χ3n) is 3.42. The van der Waals surface area contributed by atoms with Gasteiger partial charge in [0, 0.05) is 19.5 Å². The molecule has 1 aliphatic heterocycles. The van der Waals surface area contributed by atoms with E-state index < -0.39 is 17.2 Å². The molecule has 1 unspecified atom stereocenters. The predicted octanol–water partition coefficient (Wildman–Crippen LogP) is 1.88. The summed E-state index contributed by atoms with van der Waals surface area (Å²) in [4.78, 5) is 13.5. The van der Waals surface area contributed by atoms with Crippen LogP contribution in [-0.2, 0) is 11.2 Å². The molecule has 0 saturated carbocycles. The Labute approximate surface area is 110 Å². The largest absolute Gasteiger partial charge is 0.388 e. The molecule has 104 valence electrons. The van der Waals surface area contributed by atoms with E-state index in [4.69, 9.17) is 0 Å². The Balaban J connectivity index is 1.88. The number of hydrogen-bond donors (Lipinski definition) is 1. The van der Waals surface area contributed by atoms with Crippen LogP contribution in [0.1, 0.15) is 25.3 Å². The van der Waals surface area contributed by atoms with Crippen molar-refractivity contribution < 1.29 is 18.7 Å². The van der Waals surface area contributed by atoms with Crippen LogP contribution in [0.25, 0.3) is 0 Å². The van der Waals surface area contributed by atoms with Gasteiger partial charge < -0.3 is 10.0 Å². The van der Waals surface area contributed by atoms with Gasteiger partial charge in [0.05, 0.1) is 5.60 Å². The molecule has 3 nitrogen and oxygen atoms in total. The van der Waals surface area contributed by atoms with Gasteiger partial charge in [-0.25, -0.2) is 8.78 Å². The summed E-state index contributed by atoms with van der Waals surface area (Å²) < 4.78 is 25.8. The Hall–Kier alpha value is -1.49. The van der Waals surface area contributed by atoms with E-state index in [0.29, 0.717) is 31.5 Å². The van der Waals surface area contributed by atoms with Crippen molar-refractivity contribution in [3.05, 3.63) is 35.4 Å². The molecule has 0 bridgehead atoms. The number of nitrogens with zero attached hydrogens (tertiary/aromatic N) is 1. The number of halogens is 2. The highest BCUT2D eigenvalue weighted by atomic mass is 19.2. The highest BCUT2D eigenvalue weighted by Crippen LogP contribution is 2.21. The van der Waals surface area contributed by atoms with Crippen LogP contribution in [0.15, 0.2) is 18.2 Å². The van der Waals surface area contributed by atoms with Crippen molar-refractivity contribution in [1.29, 1.82) is 0 Å². The Morgan fingerprint density at radius 1 is 1.42 bits per heavy atom. The van der Waals surface area contributed by atoms with Crippen molar-refractivity contribution in [3.8, 4) is 0 Å². The first-order valence-electron chi connectivity index (χ1n) is 6.31. The third-order valence-corrected chi connectivity index (χ3v) is 3.42. The molecular formula is C14H17F2NO2. The molecule has 1 amide bonds. The lowest BCUT2D eigenvalue weighted by Crippen LogP contribution is -2.33. The van der Waals surface area contributed by atoms with Gasteiger partial charge in [-0.2, -0.15) is 0 Å². The van der Waals surface area contributed by atoms with Crippen LogP contribution in [0.2, 0.25) is 0 Å². The molecule has 1 saturated heterocycles. The quantitative estimate of drug-likeness (QED) is 0.910. The first kappa shape index (κ1) is 13.9. The minimum atomic E-state index is -0.894. The molecule has 2 rings (SSSR count). The Kier molecular flexibility index (Phi) is 3.85. The number of aryl methyl sites for hydroxylation is 1. The summed E-state index contributed by atoms with van der Waals surface area (Å²) in [6, 6.07) is 3.66. The standard InChI is InChI=1S/C14H17F2NO2/c1-14(19)6-7-17(9-14)13(18)5-3-10-2-4-11(15)12(16)8-10/h2,4,8,19H,3,5-7,9H2,1H3. The van der Waals surface area contributed by atoms with E-state index in [1.165, 1.54) is 6.07 Å². The number of benzene rings is 1. The molecule has 1 atom stereocenters. The molecule has 0 aliphatic carbocycles. The fourth-order valence-electron chi connectivity index (χ4n) is 2.26. The summed E-state index contributed by atoms with van der Waals surface area (Å²) in [6.07, 6.45) is 1.18. The molecule has 0 radical (unpaired) electrons. The molecule has 1 fully saturated rings. The first-order valence-corrected chi connectivity index (χ1v) is 6.31. The van der Waals surface area contributed by atoms with Crippen LogP contribution in [0.4, 0.5) is 8.78 Å². The normalized spacial score (nSPS) is 22.8. The predicted molar refractivity (Wildman–Crippen MR) is 66.5 cm³/mol. The van der Waals surface area contributed by atoms with Crippen LogP contribution in [0.5, 0.6) is 0 Å². The molecule has 1 heterocycles. The second kappa shape index (κ2) is 5.25. The third kappa shape index (κ3) is 3.50. The van der Waals surface area contributed by atoms with E-state index in [1.807, 2.05) is 0 Å². The topological polar surface area (TPSA) is 40.5 Å². The van der Waals surface area contributed by atoms with E-state index >= 15 is 0 Å². The maximum atomic E-state index is 13.0. The van der Waals surface area contributed by atoms with Crippen molar-refractivity contribution in [1.82, 2.24) is 4.90 Å². The fraction of sp³-hybridized carbons (Fsp3) is 0.500. The molecule has 1 N–H and O–H groups in total. The molecule has 1 aliphatic rings. The summed E-state index contributed by atoms with van der Waals surface area (Å²) >= 11 is 0. The monoisotopic (exact) mass is 269 g/mol. The van der Waals surface area contributed by atoms with Gasteiger partial charge in [-0.1, -0.05) is 6.07 Å². The second-order valence-electron chi connectivity index (χ2n) is 5.31. The number of likely N-dealkylation sites (tertiary alicyclic amines) is 1. The lowest BCUT2D eigenvalue weighted by molar-refractivity contribution is -0.131. The van der Waals surface area contributed by atoms with Crippen LogP contribution in [0, 0.1) is 11.6 Å². The zero-order valence-corrected chi connectivity index (χ0v) is 10.8. The van der Waals surface area contributed by atoms with Crippen molar-refractivity contribution in [2.45, 2.75) is 31.8 Å². The molecule has 0 aromatic heterocycles. The molecular weight excluding hydrogens is 252 g/mol. The summed E-state index contributed by atoms with van der Waals surface area (Å²) in [5, 5.41) is 9.78. The van der Waals surface area contributed by atoms with Crippen molar-refractivity contribution >= 4 is 5.91 Å². The van der Waals surface area contributed by atoms with Gasteiger partial charge in [0.2, 0.25) is 5.91 Å². The maximum Gasteiger partial charge on any atom is 0.223 e. The Morgan fingerprint density at radius 2 is 2.16 bits per heavy atom. The number of aliphatic hydroxyl groups is 1. The van der Waals surface area contributed by atoms with Crippen molar-refractivity contribution in [2.75, 3.05) is 13.1 Å². The highest BCUT2D eigenvalue weighted by Gasteiger charge is 2.33. The minimum absolute atomic E-state index is 0.0671. The Bertz CT molecular complexity index is 488. The number of carbonyl (C=O) groups excluding carboxylic acids is 1. The zero-order chi connectivity index (χ0) is 14.0. The van der Waals surface area contributed by atoms with Crippen LogP contribution in [-0.4, -0.2) is 34.6 Å². The highest BCUT2D eigenvalue weighted by molar-refractivity contribution is 5.76. The number of amides is 1. The lowest BCUT2D eigenvalue weighted by Gasteiger charge is -2.19. The molecule has 19 heavy (non-hydrogen) atoms. The van der Waals surface area contributed by atoms with Crippen molar-refractivity contribution in [3.63, 3.8) is 0 Å². The number of β-amino-alcohol motifs (C(OH)–C–C–N with tert-alkyl or cyclic N) is 1. The lowest BCUT2D eigenvalue weighted by atomic mass is 10.1. The average Bonchev–Trinajstić information content (AvgIpc) is 2.71. The molecule has 1 aromatic carbocycles. The number of hydrogen-bond acceptors (Lipinski definition) is 2. The Morgan fingerprint density at radius 3 is 2.74 bits per heavy atom. The summed E-state index contributed by atoms with van der Waals surface area (Å²) in [6.45, 7) is 2.59. The van der Waals surface area contributed by atoms with E-state index in [1.54, 1.807) is 11.8 Å². The van der Waals surface area contributed by atoms with Gasteiger partial charge in [0.15, 0.2) is 11.6 Å². The molecule has 0 spiro atoms. The van der Waals surface area contributed by atoms with E-state index in [2.05, 4.69) is 0 Å². The van der Waals surface area contributed by atoms with Crippen LogP contribution < -0.4 is 0 Å². The summed E-state index contributed by atoms with van der Waals surface area (Å²) in [7, 11) is 0. The fourth-order valence-corrected chi connectivity index (χ4v) is 2.26. The second-order valence-corrected chi connectivity index (χ2v) is 5.31. The van der Waals surface area contributed by atoms with Gasteiger partial charge in [-0.15, -0.1) is 0 Å². The van der Waals surface area contributed by atoms with Gasteiger partial charge in [0.1, 0.15) is 0 Å². The van der Waals surface area contributed by atoms with Gasteiger partial charge in [0.25, 0.3) is 0 Å². The number of rotatable bonds is 3. The van der Waals surface area contributed by atoms with E-state index in [-0.39, 0.29) is 12.3 Å². The number of carbonyl (C=O) groups is 1. The maximum absolute atomic E-state index is 13.0. The van der Waals surface area contributed by atoms with E-state index in [0.717, 1.165) is 12.1 Å².